The minimum atomic E-state index is 0.350. The highest BCUT2D eigenvalue weighted by atomic mass is 15.0. The van der Waals surface area contributed by atoms with E-state index in [4.69, 9.17) is 29.9 Å². The fraction of sp³-hybridized carbons (Fsp3) is 0.217. The molecule has 4 aliphatic carbocycles. The molecule has 4 aliphatic rings. The Hall–Kier alpha value is -5.88. The SMILES string of the molecule is c1ccc(-c2nc(-c3ccccc3)nc(-c3cccc(-c4nc(-c5ccccc5)nc(-c5ccc(C67CC8CC(CC(C8)C6)C7)cc5)n4)c3)n2)cc1. The van der Waals surface area contributed by atoms with Gasteiger partial charge in [-0.05, 0) is 73.3 Å². The molecule has 0 radical (unpaired) electrons. The first-order chi connectivity index (χ1) is 25.6. The van der Waals surface area contributed by atoms with Crippen molar-refractivity contribution in [3.05, 3.63) is 145 Å². The van der Waals surface area contributed by atoms with E-state index in [1.54, 1.807) is 0 Å². The summed E-state index contributed by atoms with van der Waals surface area (Å²) in [5.74, 6) is 6.50. The van der Waals surface area contributed by atoms with Gasteiger partial charge in [0.05, 0.1) is 0 Å². The summed E-state index contributed by atoms with van der Waals surface area (Å²) in [5, 5.41) is 0. The summed E-state index contributed by atoms with van der Waals surface area (Å²) in [6, 6.07) is 47.6. The number of hydrogen-bond acceptors (Lipinski definition) is 6. The van der Waals surface area contributed by atoms with Gasteiger partial charge in [0.25, 0.3) is 0 Å². The number of hydrogen-bond donors (Lipinski definition) is 0. The van der Waals surface area contributed by atoms with E-state index in [9.17, 15) is 0 Å². The van der Waals surface area contributed by atoms with E-state index < -0.39 is 0 Å². The fourth-order valence-corrected chi connectivity index (χ4v) is 9.52. The van der Waals surface area contributed by atoms with E-state index in [2.05, 4.69) is 42.5 Å². The zero-order valence-electron chi connectivity index (χ0n) is 28.9. The van der Waals surface area contributed by atoms with Crippen molar-refractivity contribution in [1.82, 2.24) is 29.9 Å². The first-order valence-corrected chi connectivity index (χ1v) is 18.5. The van der Waals surface area contributed by atoms with Crippen molar-refractivity contribution in [1.29, 1.82) is 0 Å². The third-order valence-corrected chi connectivity index (χ3v) is 11.5. The molecule has 0 spiro atoms. The maximum atomic E-state index is 5.11. The molecular formula is C46H38N6. The van der Waals surface area contributed by atoms with Crippen molar-refractivity contribution >= 4 is 0 Å². The average molecular weight is 675 g/mol. The van der Waals surface area contributed by atoms with Crippen molar-refractivity contribution in [3.63, 3.8) is 0 Å². The Kier molecular flexibility index (Phi) is 7.56. The van der Waals surface area contributed by atoms with Gasteiger partial charge in [0.2, 0.25) is 0 Å². The van der Waals surface area contributed by atoms with Crippen LogP contribution < -0.4 is 0 Å². The molecule has 252 valence electrons. The largest absolute Gasteiger partial charge is 0.208 e. The Morgan fingerprint density at radius 3 is 1.00 bits per heavy atom. The zero-order chi connectivity index (χ0) is 34.5. The van der Waals surface area contributed by atoms with Gasteiger partial charge in [-0.1, -0.05) is 133 Å². The van der Waals surface area contributed by atoms with Crippen molar-refractivity contribution in [2.24, 2.45) is 17.8 Å². The minimum absolute atomic E-state index is 0.350. The first kappa shape index (κ1) is 30.9. The van der Waals surface area contributed by atoms with Crippen LogP contribution in [0.2, 0.25) is 0 Å². The molecule has 4 bridgehead atoms. The van der Waals surface area contributed by atoms with E-state index in [-0.39, 0.29) is 0 Å². The lowest BCUT2D eigenvalue weighted by Gasteiger charge is -2.57. The lowest BCUT2D eigenvalue weighted by atomic mass is 9.48. The summed E-state index contributed by atoms with van der Waals surface area (Å²) in [4.78, 5) is 30.0. The van der Waals surface area contributed by atoms with Crippen LogP contribution in [0.5, 0.6) is 0 Å². The van der Waals surface area contributed by atoms with Crippen LogP contribution in [-0.4, -0.2) is 29.9 Å². The van der Waals surface area contributed by atoms with Crippen molar-refractivity contribution in [2.75, 3.05) is 0 Å². The van der Waals surface area contributed by atoms with Gasteiger partial charge in [-0.15, -0.1) is 0 Å². The molecule has 11 rings (SSSR count). The lowest BCUT2D eigenvalue weighted by Crippen LogP contribution is -2.48. The summed E-state index contributed by atoms with van der Waals surface area (Å²) in [7, 11) is 0. The monoisotopic (exact) mass is 674 g/mol. The summed E-state index contributed by atoms with van der Waals surface area (Å²) in [6.07, 6.45) is 8.40. The van der Waals surface area contributed by atoms with Gasteiger partial charge in [-0.2, -0.15) is 0 Å². The smallest absolute Gasteiger partial charge is 0.164 e. The van der Waals surface area contributed by atoms with Crippen LogP contribution >= 0.6 is 0 Å². The summed E-state index contributed by atoms with van der Waals surface area (Å²) < 4.78 is 0. The second-order valence-corrected chi connectivity index (χ2v) is 15.1. The third kappa shape index (κ3) is 5.78. The summed E-state index contributed by atoms with van der Waals surface area (Å²) in [5.41, 5.74) is 7.40. The second-order valence-electron chi connectivity index (χ2n) is 15.1. The molecule has 52 heavy (non-hydrogen) atoms. The van der Waals surface area contributed by atoms with E-state index in [0.717, 1.165) is 51.1 Å². The predicted molar refractivity (Wildman–Crippen MR) is 206 cm³/mol. The molecule has 6 nitrogen and oxygen atoms in total. The van der Waals surface area contributed by atoms with Crippen LogP contribution in [0.15, 0.2) is 140 Å². The van der Waals surface area contributed by atoms with Gasteiger partial charge in [-0.25, -0.2) is 29.9 Å². The van der Waals surface area contributed by atoms with Crippen LogP contribution in [0.25, 0.3) is 68.3 Å². The maximum absolute atomic E-state index is 5.11. The van der Waals surface area contributed by atoms with Crippen LogP contribution in [0, 0.1) is 17.8 Å². The Morgan fingerprint density at radius 1 is 0.327 bits per heavy atom. The Labute approximate surface area is 304 Å². The fourth-order valence-electron chi connectivity index (χ4n) is 9.52. The topological polar surface area (TPSA) is 77.3 Å². The Balaban J connectivity index is 1.05. The highest BCUT2D eigenvalue weighted by Gasteiger charge is 2.51. The third-order valence-electron chi connectivity index (χ3n) is 11.5. The van der Waals surface area contributed by atoms with E-state index in [0.29, 0.717) is 40.4 Å². The number of nitrogens with zero attached hydrogens (tertiary/aromatic N) is 6. The molecular weight excluding hydrogens is 637 g/mol. The summed E-state index contributed by atoms with van der Waals surface area (Å²) in [6.45, 7) is 0. The molecule has 4 fully saturated rings. The van der Waals surface area contributed by atoms with E-state index in [1.807, 2.05) is 97.1 Å². The minimum Gasteiger partial charge on any atom is -0.208 e. The normalized spacial score (nSPS) is 21.7. The Bertz CT molecular complexity index is 2280. The molecule has 2 heterocycles. The van der Waals surface area contributed by atoms with Gasteiger partial charge < -0.3 is 0 Å². The van der Waals surface area contributed by atoms with Gasteiger partial charge in [-0.3, -0.25) is 0 Å². The highest BCUT2D eigenvalue weighted by molar-refractivity contribution is 5.72. The molecule has 4 saturated carbocycles. The van der Waals surface area contributed by atoms with Crippen LogP contribution in [0.1, 0.15) is 44.1 Å². The highest BCUT2D eigenvalue weighted by Crippen LogP contribution is 2.60. The molecule has 5 aromatic carbocycles. The van der Waals surface area contributed by atoms with Gasteiger partial charge in [0, 0.05) is 33.4 Å². The Morgan fingerprint density at radius 2 is 0.635 bits per heavy atom. The molecule has 0 N–H and O–H groups in total. The van der Waals surface area contributed by atoms with E-state index in [1.165, 1.54) is 44.1 Å². The molecule has 6 heteroatoms. The van der Waals surface area contributed by atoms with Crippen LogP contribution in [0.3, 0.4) is 0 Å². The van der Waals surface area contributed by atoms with Gasteiger partial charge in [0.15, 0.2) is 34.9 Å². The number of benzene rings is 5. The van der Waals surface area contributed by atoms with Crippen molar-refractivity contribution in [2.45, 2.75) is 43.9 Å². The first-order valence-electron chi connectivity index (χ1n) is 18.5. The molecule has 0 atom stereocenters. The van der Waals surface area contributed by atoms with Gasteiger partial charge >= 0.3 is 0 Å². The lowest BCUT2D eigenvalue weighted by molar-refractivity contribution is -0.00518. The maximum Gasteiger partial charge on any atom is 0.164 e. The molecule has 7 aromatic rings. The average Bonchev–Trinajstić information content (AvgIpc) is 3.21. The van der Waals surface area contributed by atoms with Crippen molar-refractivity contribution in [3.8, 4) is 68.3 Å². The van der Waals surface area contributed by atoms with Crippen LogP contribution in [0.4, 0.5) is 0 Å². The quantitative estimate of drug-likeness (QED) is 0.167. The molecule has 0 amide bonds. The molecule has 2 aromatic heterocycles. The zero-order valence-corrected chi connectivity index (χ0v) is 28.9. The van der Waals surface area contributed by atoms with Gasteiger partial charge in [0.1, 0.15) is 0 Å². The number of aromatic nitrogens is 6. The standard InChI is InChI=1S/C46H38N6/c1-4-11-33(12-5-1)40-47-41(34-13-6-2-7-14-34)50-44(49-40)37-17-10-18-38(26-37)45-51-42(35-15-8-3-9-16-35)48-43(52-45)36-19-21-39(22-20-36)46-27-30-23-31(28-46)25-32(24-30)29-46/h1-22,26,30-32H,23-25,27-29H2. The summed E-state index contributed by atoms with van der Waals surface area (Å²) >= 11 is 0. The predicted octanol–water partition coefficient (Wildman–Crippen LogP) is 10.5. The van der Waals surface area contributed by atoms with Crippen LogP contribution in [-0.2, 0) is 5.41 Å². The van der Waals surface area contributed by atoms with E-state index >= 15 is 0 Å². The molecule has 0 aliphatic heterocycles. The molecule has 0 saturated heterocycles. The second kappa shape index (κ2) is 12.7. The molecule has 0 unspecified atom stereocenters. The number of rotatable bonds is 7. The van der Waals surface area contributed by atoms with Crippen molar-refractivity contribution < 1.29 is 0 Å².